The zero-order valence-electron chi connectivity index (χ0n) is 36.4. The Bertz CT molecular complexity index is 2080. The second kappa shape index (κ2) is 26.4. The van der Waals surface area contributed by atoms with Crippen molar-refractivity contribution in [1.29, 1.82) is 0 Å². The average Bonchev–Trinajstić information content (AvgIpc) is 3.29. The van der Waals surface area contributed by atoms with Gasteiger partial charge in [0.1, 0.15) is 11.9 Å². The number of hydrogen-bond donors (Lipinski definition) is 2. The molecule has 4 N–H and O–H groups in total. The molecule has 0 bridgehead atoms. The molecule has 4 aromatic rings. The highest BCUT2D eigenvalue weighted by Gasteiger charge is 2.37. The molecule has 0 radical (unpaired) electrons. The summed E-state index contributed by atoms with van der Waals surface area (Å²) in [5, 5.41) is 39.1. The van der Waals surface area contributed by atoms with Crippen LogP contribution in [-0.4, -0.2) is 130 Å². The Kier molecular flexibility index (Phi) is 22.0. The summed E-state index contributed by atoms with van der Waals surface area (Å²) in [6, 6.07) is 21.7. The van der Waals surface area contributed by atoms with Crippen LogP contribution >= 0.6 is 0 Å². The van der Waals surface area contributed by atoms with Gasteiger partial charge in [-0.05, 0) is 49.9 Å². The number of fused-ring (bicyclic) bond motifs is 2. The number of hydrogen-bond acceptors (Lipinski definition) is 10. The first-order chi connectivity index (χ1) is 31.3. The molecule has 0 amide bonds. The molecule has 2 saturated carbocycles. The van der Waals surface area contributed by atoms with Gasteiger partial charge in [-0.2, -0.15) is 26.3 Å². The lowest BCUT2D eigenvalue weighted by Gasteiger charge is -2.43. The van der Waals surface area contributed by atoms with Gasteiger partial charge in [0.25, 0.3) is 0 Å². The molecule has 68 heavy (non-hydrogen) atoms. The number of carbonyl (C=O) groups excluding carboxylic acids is 2. The van der Waals surface area contributed by atoms with Gasteiger partial charge < -0.3 is 30.0 Å². The van der Waals surface area contributed by atoms with Crippen molar-refractivity contribution in [2.75, 3.05) is 52.4 Å². The summed E-state index contributed by atoms with van der Waals surface area (Å²) in [6.45, 7) is 9.84. The molecule has 2 saturated heterocycles. The number of benzene rings is 2. The van der Waals surface area contributed by atoms with Crippen LogP contribution in [0.1, 0.15) is 77.3 Å². The Labute approximate surface area is 392 Å². The number of halogens is 6. The molecule has 0 unspecified atom stereocenters. The van der Waals surface area contributed by atoms with Crippen LogP contribution in [-0.2, 0) is 32.3 Å². The highest BCUT2D eigenvalue weighted by Crippen LogP contribution is 2.31. The molecule has 14 nitrogen and oxygen atoms in total. The van der Waals surface area contributed by atoms with Crippen molar-refractivity contribution < 1.29 is 75.9 Å². The monoisotopic (exact) mass is 966 g/mol. The molecule has 2 aliphatic carbocycles. The first kappa shape index (κ1) is 56.9. The average molecular weight is 967 g/mol. The van der Waals surface area contributed by atoms with E-state index >= 15 is 0 Å². The minimum Gasteiger partial charge on any atom is -0.542 e. The number of carboxylic acids is 4. The molecule has 0 spiro atoms. The standard InChI is InChI=1S/2C21H27N3O2.2C2HF3O2.2CH4/c2*25-21(26)18-6-2-4-8-20(18)24-11-9-23(10-12-24)15-16-13-17-5-1-3-7-19(17)22-14-16;2*3-2(4,5)1(6)7;;/h2*1,3,5,7,13-14,18,20H,2,4,6,8-12,15H2,(H,25,26);2*(H,6,7);2*1H4/t2*18-,20-;;;;/m10..../s1. The number of carboxylic acid groups (broad SMARTS) is 4. The molecule has 4 aliphatic rings. The van der Waals surface area contributed by atoms with Gasteiger partial charge in [0.2, 0.25) is 11.0 Å². The molecule has 4 heterocycles. The minimum absolute atomic E-state index is 0. The first-order valence-corrected chi connectivity index (χ1v) is 22.0. The lowest BCUT2D eigenvalue weighted by molar-refractivity contribution is -0.346. The molecule has 2 aromatic heterocycles. The van der Waals surface area contributed by atoms with Crippen LogP contribution < -0.4 is 20.2 Å². The summed E-state index contributed by atoms with van der Waals surface area (Å²) in [6.07, 6.45) is 2.04. The van der Waals surface area contributed by atoms with Crippen molar-refractivity contribution in [3.8, 4) is 0 Å². The Morgan fingerprint density at radius 2 is 0.853 bits per heavy atom. The summed E-state index contributed by atoms with van der Waals surface area (Å²) < 4.78 is 63.1. The van der Waals surface area contributed by atoms with Crippen molar-refractivity contribution >= 4 is 45.7 Å². The van der Waals surface area contributed by atoms with Gasteiger partial charge in [-0.3, -0.25) is 29.2 Å². The highest BCUT2D eigenvalue weighted by molar-refractivity contribution is 5.76. The van der Waals surface area contributed by atoms with Crippen molar-refractivity contribution in [1.82, 2.24) is 19.6 Å². The van der Waals surface area contributed by atoms with Crippen molar-refractivity contribution in [3.05, 3.63) is 84.2 Å². The number of nitrogens with zero attached hydrogens (tertiary/aromatic N) is 4. The van der Waals surface area contributed by atoms with E-state index in [1.54, 1.807) is 0 Å². The molecule has 20 heteroatoms. The summed E-state index contributed by atoms with van der Waals surface area (Å²) in [5.41, 5.74) is 4.94. The molecule has 2 aromatic carbocycles. The van der Waals surface area contributed by atoms with E-state index in [9.17, 15) is 46.1 Å². The fourth-order valence-electron chi connectivity index (χ4n) is 9.21. The Balaban J connectivity index is 0.000000276. The van der Waals surface area contributed by atoms with E-state index in [1.165, 1.54) is 34.7 Å². The van der Waals surface area contributed by atoms with E-state index in [-0.39, 0.29) is 38.8 Å². The van der Waals surface area contributed by atoms with Gasteiger partial charge in [0, 0.05) is 112 Å². The topological polar surface area (TPSA) is 196 Å². The number of aromatic nitrogens is 2. The molecular formula is C48H64F6N6O8. The fourth-order valence-corrected chi connectivity index (χ4v) is 9.21. The lowest BCUT2D eigenvalue weighted by atomic mass is 9.83. The third kappa shape index (κ3) is 17.0. The summed E-state index contributed by atoms with van der Waals surface area (Å²) in [5.74, 6) is -7.58. The van der Waals surface area contributed by atoms with Gasteiger partial charge in [-0.25, -0.2) is 9.97 Å². The van der Waals surface area contributed by atoms with Gasteiger partial charge >= 0.3 is 24.3 Å². The number of pyridine rings is 2. The Morgan fingerprint density at radius 3 is 1.16 bits per heavy atom. The van der Waals surface area contributed by atoms with Crippen LogP contribution in [0.4, 0.5) is 26.3 Å². The maximum Gasteiger partial charge on any atom is 0.430 e. The maximum atomic E-state index is 11.6. The summed E-state index contributed by atoms with van der Waals surface area (Å²) in [4.78, 5) is 57.3. The fraction of sp³-hybridized carbons (Fsp3) is 0.542. The molecular weight excluding hydrogens is 903 g/mol. The minimum atomic E-state index is -5.19. The number of H-pyrrole nitrogens is 2. The van der Waals surface area contributed by atoms with Gasteiger partial charge in [0.15, 0.2) is 12.4 Å². The van der Waals surface area contributed by atoms with Crippen molar-refractivity contribution in [3.63, 3.8) is 0 Å². The van der Waals surface area contributed by atoms with E-state index in [0.717, 1.165) is 115 Å². The largest absolute Gasteiger partial charge is 0.542 e. The van der Waals surface area contributed by atoms with Crippen LogP contribution in [0, 0.1) is 11.8 Å². The predicted octanol–water partition coefficient (Wildman–Crippen LogP) is 4.70. The smallest absolute Gasteiger partial charge is 0.430 e. The normalized spacial score (nSPS) is 21.7. The first-order valence-electron chi connectivity index (χ1n) is 22.0. The molecule has 4 fully saturated rings. The SMILES string of the molecule is C.C.O=C(O)[C@@H]1CCCC[C@H]1N1CCN(Cc2c[nH+]c3ccccc3c2)CC1.O=C(O)[C@H]1CCCC[C@@H]1N1CCN(Cc2c[nH+]c3ccccc3c2)CC1.O=C([O-])C(F)(F)F.O=C([O-])C(F)(F)F. The van der Waals surface area contributed by atoms with Crippen molar-refractivity contribution in [2.45, 2.75) is 104 Å². The van der Waals surface area contributed by atoms with Crippen molar-refractivity contribution in [2.24, 2.45) is 11.8 Å². The molecule has 4 atom stereocenters. The Hall–Kier alpha value is -5.44. The summed E-state index contributed by atoms with van der Waals surface area (Å²) in [7, 11) is 0. The van der Waals surface area contributed by atoms with Gasteiger partial charge in [-0.1, -0.05) is 64.8 Å². The summed E-state index contributed by atoms with van der Waals surface area (Å²) >= 11 is 0. The lowest BCUT2D eigenvalue weighted by Crippen LogP contribution is -2.54. The second-order valence-corrected chi connectivity index (χ2v) is 17.0. The van der Waals surface area contributed by atoms with E-state index in [1.807, 2.05) is 12.1 Å². The molecule has 376 valence electrons. The van der Waals surface area contributed by atoms with Crippen LogP contribution in [0.15, 0.2) is 73.1 Å². The predicted molar refractivity (Wildman–Crippen MR) is 237 cm³/mol. The number of para-hydroxylation sites is 2. The number of carbonyl (C=O) groups is 4. The number of piperazine rings is 2. The number of nitrogens with one attached hydrogen (secondary N) is 2. The van der Waals surface area contributed by atoms with Crippen LogP contribution in [0.25, 0.3) is 21.8 Å². The second-order valence-electron chi connectivity index (χ2n) is 17.0. The highest BCUT2D eigenvalue weighted by atomic mass is 19.4. The van der Waals surface area contributed by atoms with E-state index in [2.05, 4.69) is 90.5 Å². The molecule has 8 rings (SSSR count). The van der Waals surface area contributed by atoms with Crippen LogP contribution in [0.2, 0.25) is 0 Å². The zero-order chi connectivity index (χ0) is 48.0. The molecule has 2 aliphatic heterocycles. The number of aromatic amines is 2. The van der Waals surface area contributed by atoms with Crippen LogP contribution in [0.5, 0.6) is 0 Å². The Morgan fingerprint density at radius 1 is 0.544 bits per heavy atom. The third-order valence-corrected chi connectivity index (χ3v) is 12.5. The maximum absolute atomic E-state index is 11.6. The van der Waals surface area contributed by atoms with E-state index in [0.29, 0.717) is 0 Å². The van der Waals surface area contributed by atoms with Gasteiger partial charge in [-0.15, -0.1) is 0 Å². The number of rotatable bonds is 8. The van der Waals surface area contributed by atoms with E-state index < -0.39 is 36.2 Å². The number of alkyl halides is 6. The zero-order valence-corrected chi connectivity index (χ0v) is 36.4. The third-order valence-electron chi connectivity index (χ3n) is 12.5. The van der Waals surface area contributed by atoms with Gasteiger partial charge in [0.05, 0.1) is 11.8 Å². The quantitative estimate of drug-likeness (QED) is 0.232. The van der Waals surface area contributed by atoms with Crippen LogP contribution in [0.3, 0.4) is 0 Å². The van der Waals surface area contributed by atoms with E-state index in [4.69, 9.17) is 19.8 Å². The number of aliphatic carboxylic acids is 4.